The predicted molar refractivity (Wildman–Crippen MR) is 82.6 cm³/mol. The van der Waals surface area contributed by atoms with Crippen LogP contribution >= 0.6 is 0 Å². The maximum Gasteiger partial charge on any atom is 0.146 e. The quantitative estimate of drug-likeness (QED) is 0.879. The van der Waals surface area contributed by atoms with E-state index in [9.17, 15) is 0 Å². The van der Waals surface area contributed by atoms with Gasteiger partial charge >= 0.3 is 0 Å². The third kappa shape index (κ3) is 5.16. The van der Waals surface area contributed by atoms with Gasteiger partial charge in [0.1, 0.15) is 29.6 Å². The van der Waals surface area contributed by atoms with Crippen LogP contribution in [0.3, 0.4) is 0 Å². The Morgan fingerprint density at radius 2 is 1.76 bits per heavy atom. The van der Waals surface area contributed by atoms with Crippen LogP contribution in [0.4, 0.5) is 0 Å². The molecule has 1 aromatic carbocycles. The molecule has 4 heteroatoms. The first kappa shape index (κ1) is 15.4. The Morgan fingerprint density at radius 3 is 2.48 bits per heavy atom. The highest BCUT2D eigenvalue weighted by Crippen LogP contribution is 2.20. The Bertz CT molecular complexity index is 569. The Kier molecular flexibility index (Phi) is 4.91. The van der Waals surface area contributed by atoms with Crippen molar-refractivity contribution in [3.05, 3.63) is 47.9 Å². The van der Waals surface area contributed by atoms with Crippen LogP contribution in [-0.2, 0) is 13.2 Å². The van der Waals surface area contributed by atoms with E-state index in [1.807, 2.05) is 36.4 Å². The van der Waals surface area contributed by atoms with Crippen molar-refractivity contribution in [2.75, 3.05) is 7.11 Å². The summed E-state index contributed by atoms with van der Waals surface area (Å²) < 4.78 is 16.6. The van der Waals surface area contributed by atoms with Gasteiger partial charge < -0.3 is 19.2 Å². The van der Waals surface area contributed by atoms with Gasteiger partial charge in [-0.15, -0.1) is 0 Å². The van der Waals surface area contributed by atoms with E-state index in [2.05, 4.69) is 26.1 Å². The number of ether oxygens (including phenoxy) is 2. The second kappa shape index (κ2) is 6.68. The lowest BCUT2D eigenvalue weighted by Crippen LogP contribution is -2.34. The van der Waals surface area contributed by atoms with Crippen molar-refractivity contribution in [3.8, 4) is 11.5 Å². The molecule has 0 aliphatic carbocycles. The molecule has 0 fully saturated rings. The molecular formula is C17H23NO3. The zero-order valence-electron chi connectivity index (χ0n) is 13.1. The van der Waals surface area contributed by atoms with Crippen LogP contribution in [0, 0.1) is 0 Å². The molecule has 1 N–H and O–H groups in total. The first-order valence-electron chi connectivity index (χ1n) is 7.06. The van der Waals surface area contributed by atoms with Gasteiger partial charge in [0.2, 0.25) is 0 Å². The molecule has 0 atom stereocenters. The number of methoxy groups -OCH3 is 1. The summed E-state index contributed by atoms with van der Waals surface area (Å²) in [4.78, 5) is 0. The van der Waals surface area contributed by atoms with Gasteiger partial charge in [-0.25, -0.2) is 0 Å². The summed E-state index contributed by atoms with van der Waals surface area (Å²) in [6.07, 6.45) is 0. The summed E-state index contributed by atoms with van der Waals surface area (Å²) >= 11 is 0. The molecule has 0 radical (unpaired) electrons. The Balaban J connectivity index is 1.87. The molecule has 0 amide bonds. The summed E-state index contributed by atoms with van der Waals surface area (Å²) in [6.45, 7) is 7.50. The van der Waals surface area contributed by atoms with Crippen LogP contribution in [0.25, 0.3) is 0 Å². The van der Waals surface area contributed by atoms with E-state index >= 15 is 0 Å². The second-order valence-electron chi connectivity index (χ2n) is 5.94. The van der Waals surface area contributed by atoms with Crippen molar-refractivity contribution in [2.24, 2.45) is 0 Å². The minimum atomic E-state index is 0.0735. The lowest BCUT2D eigenvalue weighted by molar-refractivity contribution is 0.262. The van der Waals surface area contributed by atoms with Crippen molar-refractivity contribution in [3.63, 3.8) is 0 Å². The smallest absolute Gasteiger partial charge is 0.146 e. The Morgan fingerprint density at radius 1 is 1.05 bits per heavy atom. The molecule has 2 rings (SSSR count). The van der Waals surface area contributed by atoms with E-state index in [1.54, 1.807) is 7.11 Å². The Labute approximate surface area is 126 Å². The molecule has 0 bridgehead atoms. The zero-order chi connectivity index (χ0) is 15.3. The number of furan rings is 1. The molecular weight excluding hydrogens is 266 g/mol. The van der Waals surface area contributed by atoms with Gasteiger partial charge in [-0.3, -0.25) is 0 Å². The number of nitrogens with one attached hydrogen (secondary N) is 1. The van der Waals surface area contributed by atoms with Crippen LogP contribution in [0.15, 0.2) is 40.8 Å². The fourth-order valence-corrected chi connectivity index (χ4v) is 1.79. The Hall–Kier alpha value is -1.94. The number of benzene rings is 1. The minimum Gasteiger partial charge on any atom is -0.497 e. The summed E-state index contributed by atoms with van der Waals surface area (Å²) in [5, 5.41) is 3.39. The monoisotopic (exact) mass is 289 g/mol. The molecule has 0 aliphatic heterocycles. The highest BCUT2D eigenvalue weighted by Gasteiger charge is 2.10. The third-order valence-corrected chi connectivity index (χ3v) is 2.93. The van der Waals surface area contributed by atoms with Gasteiger partial charge in [-0.05, 0) is 45.0 Å². The molecule has 0 saturated heterocycles. The van der Waals surface area contributed by atoms with Crippen LogP contribution < -0.4 is 14.8 Å². The fraction of sp³-hybridized carbons (Fsp3) is 0.412. The van der Waals surface area contributed by atoms with Crippen LogP contribution in [-0.4, -0.2) is 12.6 Å². The van der Waals surface area contributed by atoms with E-state index in [0.29, 0.717) is 13.2 Å². The van der Waals surface area contributed by atoms with Crippen molar-refractivity contribution in [1.82, 2.24) is 5.32 Å². The van der Waals surface area contributed by atoms with E-state index in [1.165, 1.54) is 0 Å². The highest BCUT2D eigenvalue weighted by atomic mass is 16.5. The molecule has 0 aliphatic rings. The van der Waals surface area contributed by atoms with Crippen molar-refractivity contribution < 1.29 is 13.9 Å². The molecule has 21 heavy (non-hydrogen) atoms. The fourth-order valence-electron chi connectivity index (χ4n) is 1.79. The summed E-state index contributed by atoms with van der Waals surface area (Å²) in [5.74, 6) is 3.26. The lowest BCUT2D eigenvalue weighted by Gasteiger charge is -2.19. The van der Waals surface area contributed by atoms with Gasteiger partial charge in [0, 0.05) is 11.6 Å². The molecule has 0 unspecified atom stereocenters. The van der Waals surface area contributed by atoms with Crippen molar-refractivity contribution in [1.29, 1.82) is 0 Å². The van der Waals surface area contributed by atoms with Crippen molar-refractivity contribution in [2.45, 2.75) is 39.5 Å². The summed E-state index contributed by atoms with van der Waals surface area (Å²) in [7, 11) is 1.64. The first-order chi connectivity index (χ1) is 9.96. The molecule has 0 saturated carbocycles. The number of hydrogen-bond donors (Lipinski definition) is 1. The summed E-state index contributed by atoms with van der Waals surface area (Å²) in [5.41, 5.74) is 0.0735. The number of rotatable bonds is 6. The van der Waals surface area contributed by atoms with E-state index in [4.69, 9.17) is 13.9 Å². The van der Waals surface area contributed by atoms with Crippen molar-refractivity contribution >= 4 is 0 Å². The van der Waals surface area contributed by atoms with Gasteiger partial charge in [0.05, 0.1) is 13.7 Å². The lowest BCUT2D eigenvalue weighted by atomic mass is 10.1. The second-order valence-corrected chi connectivity index (χ2v) is 5.94. The molecule has 4 nitrogen and oxygen atoms in total. The van der Waals surface area contributed by atoms with Gasteiger partial charge in [0.15, 0.2) is 0 Å². The van der Waals surface area contributed by atoms with Gasteiger partial charge in [-0.2, -0.15) is 0 Å². The van der Waals surface area contributed by atoms with E-state index in [0.717, 1.165) is 23.0 Å². The molecule has 0 spiro atoms. The predicted octanol–water partition coefficient (Wildman–Crippen LogP) is 3.76. The van der Waals surface area contributed by atoms with Gasteiger partial charge in [0.25, 0.3) is 0 Å². The largest absolute Gasteiger partial charge is 0.497 e. The summed E-state index contributed by atoms with van der Waals surface area (Å²) in [6, 6.07) is 11.5. The van der Waals surface area contributed by atoms with Gasteiger partial charge in [-0.1, -0.05) is 6.07 Å². The highest BCUT2D eigenvalue weighted by molar-refractivity contribution is 5.32. The molecule has 1 heterocycles. The van der Waals surface area contributed by atoms with Crippen LogP contribution in [0.5, 0.6) is 11.5 Å². The third-order valence-electron chi connectivity index (χ3n) is 2.93. The zero-order valence-corrected chi connectivity index (χ0v) is 13.1. The topological polar surface area (TPSA) is 43.6 Å². The average Bonchev–Trinajstić information content (AvgIpc) is 2.90. The normalized spacial score (nSPS) is 11.4. The minimum absolute atomic E-state index is 0.0735. The van der Waals surface area contributed by atoms with E-state index < -0.39 is 0 Å². The SMILES string of the molecule is COc1cccc(OCc2ccc(CNC(C)(C)C)o2)c1. The molecule has 2 aromatic rings. The molecule has 1 aromatic heterocycles. The molecule has 114 valence electrons. The van der Waals surface area contributed by atoms with Crippen LogP contribution in [0.1, 0.15) is 32.3 Å². The van der Waals surface area contributed by atoms with Crippen LogP contribution in [0.2, 0.25) is 0 Å². The van der Waals surface area contributed by atoms with E-state index in [-0.39, 0.29) is 5.54 Å². The maximum absolute atomic E-state index is 5.74. The number of hydrogen-bond acceptors (Lipinski definition) is 4. The maximum atomic E-state index is 5.74. The average molecular weight is 289 g/mol. The first-order valence-corrected chi connectivity index (χ1v) is 7.06. The standard InChI is InChI=1S/C17H23NO3/c1-17(2,3)18-11-15-8-9-16(21-15)12-20-14-7-5-6-13(10-14)19-4/h5-10,18H,11-12H2,1-4H3.